The minimum atomic E-state index is 0.189. The Balaban J connectivity index is 1.57. The summed E-state index contributed by atoms with van der Waals surface area (Å²) in [5, 5.41) is 9.78. The van der Waals surface area contributed by atoms with Crippen molar-refractivity contribution < 1.29 is 9.53 Å². The summed E-state index contributed by atoms with van der Waals surface area (Å²) in [6, 6.07) is 0. The third-order valence-electron chi connectivity index (χ3n) is 6.04. The van der Waals surface area contributed by atoms with Crippen molar-refractivity contribution in [2.45, 2.75) is 64.2 Å². The number of methoxy groups -OCH3 is 1. The maximum absolute atomic E-state index is 12.0. The summed E-state index contributed by atoms with van der Waals surface area (Å²) in [5.74, 6) is 1.60. The molecule has 0 aromatic rings. The van der Waals surface area contributed by atoms with Crippen LogP contribution in [0.5, 0.6) is 0 Å². The molecule has 2 aliphatic rings. The molecule has 26 heavy (non-hydrogen) atoms. The molecule has 0 atom stereocenters. The summed E-state index contributed by atoms with van der Waals surface area (Å²) < 4.78 is 5.25. The number of aliphatic imine (C=N–C) groups is 1. The zero-order valence-corrected chi connectivity index (χ0v) is 16.7. The summed E-state index contributed by atoms with van der Waals surface area (Å²) in [6.07, 6.45) is 12.0. The van der Waals surface area contributed by atoms with Gasteiger partial charge in [0, 0.05) is 46.8 Å². The van der Waals surface area contributed by atoms with E-state index in [1.165, 1.54) is 51.4 Å². The zero-order chi connectivity index (χ0) is 18.7. The van der Waals surface area contributed by atoms with E-state index < -0.39 is 0 Å². The molecule has 2 rings (SSSR count). The van der Waals surface area contributed by atoms with Crippen LogP contribution in [-0.2, 0) is 9.53 Å². The largest absolute Gasteiger partial charge is 0.385 e. The first-order chi connectivity index (χ1) is 12.7. The highest BCUT2D eigenvalue weighted by Crippen LogP contribution is 2.43. The van der Waals surface area contributed by atoms with Crippen LogP contribution in [0.4, 0.5) is 0 Å². The van der Waals surface area contributed by atoms with Crippen molar-refractivity contribution in [1.82, 2.24) is 16.0 Å². The van der Waals surface area contributed by atoms with Crippen LogP contribution in [-0.4, -0.2) is 52.3 Å². The Hall–Kier alpha value is -1.30. The maximum Gasteiger partial charge on any atom is 0.220 e. The van der Waals surface area contributed by atoms with E-state index in [1.54, 1.807) is 14.2 Å². The lowest BCUT2D eigenvalue weighted by Crippen LogP contribution is -2.48. The third kappa shape index (κ3) is 7.14. The van der Waals surface area contributed by atoms with E-state index in [1.807, 2.05) is 0 Å². The molecule has 0 unspecified atom stereocenters. The van der Waals surface area contributed by atoms with E-state index in [2.05, 4.69) is 20.9 Å². The Morgan fingerprint density at radius 1 is 1.08 bits per heavy atom. The highest BCUT2D eigenvalue weighted by atomic mass is 16.5. The second kappa shape index (κ2) is 11.4. The quantitative estimate of drug-likeness (QED) is 0.315. The molecule has 6 nitrogen and oxygen atoms in total. The molecule has 6 heteroatoms. The molecular formula is C20H38N4O2. The Morgan fingerprint density at radius 2 is 1.81 bits per heavy atom. The van der Waals surface area contributed by atoms with Gasteiger partial charge in [-0.15, -0.1) is 0 Å². The predicted octanol–water partition coefficient (Wildman–Crippen LogP) is 2.44. The number of ether oxygens (including phenoxy) is 1. The van der Waals surface area contributed by atoms with Crippen molar-refractivity contribution in [2.24, 2.45) is 16.3 Å². The maximum atomic E-state index is 12.0. The summed E-state index contributed by atoms with van der Waals surface area (Å²) in [4.78, 5) is 16.3. The van der Waals surface area contributed by atoms with Gasteiger partial charge in [0.2, 0.25) is 5.91 Å². The molecule has 2 saturated carbocycles. The lowest BCUT2D eigenvalue weighted by Gasteiger charge is -2.42. The van der Waals surface area contributed by atoms with E-state index in [0.717, 1.165) is 25.5 Å². The molecule has 0 heterocycles. The average Bonchev–Trinajstić information content (AvgIpc) is 2.63. The number of carbonyl (C=O) groups is 1. The number of guanidine groups is 1. The van der Waals surface area contributed by atoms with Gasteiger partial charge in [-0.05, 0) is 43.4 Å². The Bertz CT molecular complexity index is 443. The normalized spacial score (nSPS) is 20.3. The van der Waals surface area contributed by atoms with E-state index in [-0.39, 0.29) is 5.91 Å². The van der Waals surface area contributed by atoms with Crippen molar-refractivity contribution >= 4 is 11.9 Å². The van der Waals surface area contributed by atoms with Crippen LogP contribution < -0.4 is 16.0 Å². The first-order valence-corrected chi connectivity index (χ1v) is 10.4. The van der Waals surface area contributed by atoms with Gasteiger partial charge >= 0.3 is 0 Å². The molecule has 0 saturated heterocycles. The van der Waals surface area contributed by atoms with Crippen molar-refractivity contribution in [1.29, 1.82) is 0 Å². The number of hydrogen-bond donors (Lipinski definition) is 3. The van der Waals surface area contributed by atoms with Gasteiger partial charge in [0.05, 0.1) is 0 Å². The summed E-state index contributed by atoms with van der Waals surface area (Å²) >= 11 is 0. The van der Waals surface area contributed by atoms with Gasteiger partial charge in [-0.2, -0.15) is 0 Å². The van der Waals surface area contributed by atoms with Crippen LogP contribution in [0.25, 0.3) is 0 Å². The molecule has 0 spiro atoms. The summed E-state index contributed by atoms with van der Waals surface area (Å²) in [7, 11) is 3.56. The second-order valence-corrected chi connectivity index (χ2v) is 8.01. The van der Waals surface area contributed by atoms with Crippen LogP contribution in [0.1, 0.15) is 64.2 Å². The van der Waals surface area contributed by atoms with E-state index in [0.29, 0.717) is 30.8 Å². The monoisotopic (exact) mass is 366 g/mol. The SMILES string of the molecule is CN=C(NCCNC(=O)CC1CCCCC1)NCC1(CCOC)CCC1. The predicted molar refractivity (Wildman–Crippen MR) is 106 cm³/mol. The van der Waals surface area contributed by atoms with Gasteiger partial charge in [0.25, 0.3) is 0 Å². The number of hydrogen-bond acceptors (Lipinski definition) is 3. The second-order valence-electron chi connectivity index (χ2n) is 8.01. The lowest BCUT2D eigenvalue weighted by molar-refractivity contribution is -0.122. The van der Waals surface area contributed by atoms with Gasteiger partial charge in [0.15, 0.2) is 5.96 Å². The van der Waals surface area contributed by atoms with Crippen molar-refractivity contribution in [3.05, 3.63) is 0 Å². The van der Waals surface area contributed by atoms with Gasteiger partial charge in [-0.25, -0.2) is 0 Å². The molecule has 3 N–H and O–H groups in total. The molecule has 0 aliphatic heterocycles. The highest BCUT2D eigenvalue weighted by molar-refractivity contribution is 5.80. The Labute approximate surface area is 158 Å². The number of nitrogens with zero attached hydrogens (tertiary/aromatic N) is 1. The fourth-order valence-electron chi connectivity index (χ4n) is 4.11. The van der Waals surface area contributed by atoms with Crippen LogP contribution in [0.3, 0.4) is 0 Å². The van der Waals surface area contributed by atoms with Crippen molar-refractivity contribution in [3.8, 4) is 0 Å². The van der Waals surface area contributed by atoms with Gasteiger partial charge in [0.1, 0.15) is 0 Å². The molecule has 0 bridgehead atoms. The third-order valence-corrected chi connectivity index (χ3v) is 6.04. The first kappa shape index (κ1) is 21.0. The number of rotatable bonds is 10. The van der Waals surface area contributed by atoms with Crippen LogP contribution in [0.15, 0.2) is 4.99 Å². The molecule has 2 aliphatic carbocycles. The average molecular weight is 367 g/mol. The minimum Gasteiger partial charge on any atom is -0.385 e. The topological polar surface area (TPSA) is 74.8 Å². The molecule has 0 radical (unpaired) electrons. The van der Waals surface area contributed by atoms with E-state index in [9.17, 15) is 4.79 Å². The Morgan fingerprint density at radius 3 is 2.42 bits per heavy atom. The summed E-state index contributed by atoms with van der Waals surface area (Å²) in [6.45, 7) is 3.09. The van der Waals surface area contributed by atoms with Crippen molar-refractivity contribution in [2.75, 3.05) is 40.4 Å². The molecule has 0 aromatic carbocycles. The van der Waals surface area contributed by atoms with Crippen molar-refractivity contribution in [3.63, 3.8) is 0 Å². The zero-order valence-electron chi connectivity index (χ0n) is 16.7. The molecule has 0 aromatic heterocycles. The van der Waals surface area contributed by atoms with Gasteiger partial charge < -0.3 is 20.7 Å². The molecule has 2 fully saturated rings. The highest BCUT2D eigenvalue weighted by Gasteiger charge is 2.36. The first-order valence-electron chi connectivity index (χ1n) is 10.4. The molecular weight excluding hydrogens is 328 g/mol. The van der Waals surface area contributed by atoms with Gasteiger partial charge in [-0.1, -0.05) is 25.7 Å². The van der Waals surface area contributed by atoms with Crippen LogP contribution in [0.2, 0.25) is 0 Å². The molecule has 150 valence electrons. The number of amides is 1. The smallest absolute Gasteiger partial charge is 0.220 e. The number of carbonyl (C=O) groups excluding carboxylic acids is 1. The van der Waals surface area contributed by atoms with Gasteiger partial charge in [-0.3, -0.25) is 9.79 Å². The fourth-order valence-corrected chi connectivity index (χ4v) is 4.11. The number of nitrogens with one attached hydrogen (secondary N) is 3. The summed E-state index contributed by atoms with van der Waals surface area (Å²) in [5.41, 5.74) is 0.363. The standard InChI is InChI=1S/C20H38N4O2/c1-21-19(24-16-20(9-6-10-20)11-14-26-2)23-13-12-22-18(25)15-17-7-4-3-5-8-17/h17H,3-16H2,1-2H3,(H,22,25)(H2,21,23,24). The van der Waals surface area contributed by atoms with Crippen LogP contribution >= 0.6 is 0 Å². The van der Waals surface area contributed by atoms with Crippen LogP contribution in [0, 0.1) is 11.3 Å². The van der Waals surface area contributed by atoms with E-state index >= 15 is 0 Å². The minimum absolute atomic E-state index is 0.189. The van der Waals surface area contributed by atoms with E-state index in [4.69, 9.17) is 4.74 Å². The fraction of sp³-hybridized carbons (Fsp3) is 0.900. The molecule has 1 amide bonds. The Kier molecular flexibility index (Phi) is 9.23. The lowest BCUT2D eigenvalue weighted by atomic mass is 9.67.